The van der Waals surface area contributed by atoms with Crippen molar-refractivity contribution in [1.29, 1.82) is 0 Å². The van der Waals surface area contributed by atoms with Gasteiger partial charge in [0.2, 0.25) is 5.88 Å². The van der Waals surface area contributed by atoms with Crippen LogP contribution in [-0.2, 0) is 26.1 Å². The molecule has 0 bridgehead atoms. The van der Waals surface area contributed by atoms with E-state index in [2.05, 4.69) is 4.74 Å². The van der Waals surface area contributed by atoms with Crippen LogP contribution in [0, 0.1) is 0 Å². The average molecular weight is 338 g/mol. The largest absolute Gasteiger partial charge is 0.493 e. The molecular weight excluding hydrogens is 320 g/mol. The molecular formula is C15H18N2O5S. The van der Waals surface area contributed by atoms with Crippen molar-refractivity contribution in [3.05, 3.63) is 47.5 Å². The number of fused-ring (bicyclic) bond motifs is 1. The Bertz CT molecular complexity index is 744. The van der Waals surface area contributed by atoms with Crippen molar-refractivity contribution < 1.29 is 23.1 Å². The Balaban J connectivity index is 2.10. The van der Waals surface area contributed by atoms with Crippen LogP contribution >= 0.6 is 0 Å². The van der Waals surface area contributed by atoms with E-state index in [-0.39, 0.29) is 18.1 Å². The Labute approximate surface area is 134 Å². The van der Waals surface area contributed by atoms with Crippen molar-refractivity contribution in [1.82, 2.24) is 9.21 Å². The molecule has 124 valence electrons. The zero-order valence-corrected chi connectivity index (χ0v) is 13.5. The van der Waals surface area contributed by atoms with Crippen LogP contribution in [-0.4, -0.2) is 47.7 Å². The van der Waals surface area contributed by atoms with Crippen molar-refractivity contribution in [2.45, 2.75) is 24.8 Å². The molecule has 2 aliphatic heterocycles. The van der Waals surface area contributed by atoms with Crippen molar-refractivity contribution in [3.63, 3.8) is 0 Å². The van der Waals surface area contributed by atoms with Gasteiger partial charge in [-0.25, -0.2) is 13.2 Å². The minimum absolute atomic E-state index is 0.0258. The Hall–Kier alpha value is -2.22. The number of sulfonamides is 1. The summed E-state index contributed by atoms with van der Waals surface area (Å²) in [5.74, 6) is -1.20. The van der Waals surface area contributed by atoms with Gasteiger partial charge in [-0.05, 0) is 18.4 Å². The fraction of sp³-hybridized carbons (Fsp3) is 0.400. The molecule has 1 N–H and O–H groups in total. The average Bonchev–Trinajstić information content (AvgIpc) is 3.04. The number of hydrogen-bond donors (Lipinski definition) is 1. The first-order valence-electron chi connectivity index (χ1n) is 7.30. The number of aliphatic hydroxyl groups is 1. The van der Waals surface area contributed by atoms with Crippen LogP contribution in [0.25, 0.3) is 0 Å². The maximum absolute atomic E-state index is 12.9. The zero-order valence-electron chi connectivity index (χ0n) is 12.7. The third kappa shape index (κ3) is 2.52. The predicted octanol–water partition coefficient (Wildman–Crippen LogP) is 1.15. The lowest BCUT2D eigenvalue weighted by atomic mass is 10.2. The second-order valence-corrected chi connectivity index (χ2v) is 7.51. The van der Waals surface area contributed by atoms with Gasteiger partial charge in [0.25, 0.3) is 10.0 Å². The summed E-state index contributed by atoms with van der Waals surface area (Å²) in [6.07, 6.45) is 1.06. The fourth-order valence-electron chi connectivity index (χ4n) is 3.02. The van der Waals surface area contributed by atoms with Crippen LogP contribution in [0.4, 0.5) is 0 Å². The second-order valence-electron chi connectivity index (χ2n) is 5.49. The number of carbonyl (C=O) groups is 1. The van der Waals surface area contributed by atoms with E-state index in [4.69, 9.17) is 0 Å². The molecule has 0 aromatic heterocycles. The van der Waals surface area contributed by atoms with Gasteiger partial charge in [0.15, 0.2) is 11.1 Å². The smallest absolute Gasteiger partial charge is 0.360 e. The topological polar surface area (TPSA) is 87.1 Å². The maximum atomic E-state index is 12.9. The van der Waals surface area contributed by atoms with E-state index in [1.807, 2.05) is 6.07 Å². The molecule has 0 spiro atoms. The van der Waals surface area contributed by atoms with E-state index in [0.717, 1.165) is 17.0 Å². The highest BCUT2D eigenvalue weighted by Gasteiger charge is 2.49. The van der Waals surface area contributed by atoms with Crippen LogP contribution in [0.1, 0.15) is 18.4 Å². The van der Waals surface area contributed by atoms with Crippen molar-refractivity contribution >= 4 is 16.0 Å². The Morgan fingerprint density at radius 3 is 2.70 bits per heavy atom. The number of carbonyl (C=O) groups excluding carboxylic acids is 1. The number of methoxy groups -OCH3 is 1. The summed E-state index contributed by atoms with van der Waals surface area (Å²) in [5.41, 5.74) is 0.395. The number of hydrogen-bond acceptors (Lipinski definition) is 6. The van der Waals surface area contributed by atoms with Gasteiger partial charge in [-0.2, -0.15) is 0 Å². The molecule has 0 saturated carbocycles. The lowest BCUT2D eigenvalue weighted by molar-refractivity contribution is -0.138. The van der Waals surface area contributed by atoms with E-state index in [0.29, 0.717) is 19.4 Å². The van der Waals surface area contributed by atoms with Gasteiger partial charge < -0.3 is 14.7 Å². The Kier molecular flexibility index (Phi) is 3.93. The van der Waals surface area contributed by atoms with Gasteiger partial charge in [-0.15, -0.1) is 0 Å². The summed E-state index contributed by atoms with van der Waals surface area (Å²) >= 11 is 0. The first-order valence-corrected chi connectivity index (χ1v) is 8.81. The molecule has 1 unspecified atom stereocenters. The standard InChI is InChI=1S/C15H18N2O5S/c1-22-15(19)13-14(18)16-9-5-8-12(16)23(20,21)17(13)10-11-6-3-2-4-7-11/h2-4,6-7,12,18H,5,8-10H2,1H3. The number of rotatable bonds is 3. The van der Waals surface area contributed by atoms with Crippen LogP contribution in [0.3, 0.4) is 0 Å². The summed E-state index contributed by atoms with van der Waals surface area (Å²) in [7, 11) is -2.64. The number of esters is 1. The minimum atomic E-state index is -3.80. The monoisotopic (exact) mass is 338 g/mol. The lowest BCUT2D eigenvalue weighted by Gasteiger charge is -2.38. The number of aliphatic hydroxyl groups excluding tert-OH is 1. The maximum Gasteiger partial charge on any atom is 0.360 e. The zero-order chi connectivity index (χ0) is 16.6. The molecule has 0 aliphatic carbocycles. The SMILES string of the molecule is COC(=O)C1=C(O)N2CCCC2S(=O)(=O)N1Cc1ccccc1. The van der Waals surface area contributed by atoms with Crippen molar-refractivity contribution in [3.8, 4) is 0 Å². The van der Waals surface area contributed by atoms with Crippen LogP contribution in [0.2, 0.25) is 0 Å². The predicted molar refractivity (Wildman–Crippen MR) is 82.3 cm³/mol. The number of ether oxygens (including phenoxy) is 1. The summed E-state index contributed by atoms with van der Waals surface area (Å²) in [6.45, 7) is 0.372. The third-order valence-electron chi connectivity index (χ3n) is 4.13. The Morgan fingerprint density at radius 1 is 1.35 bits per heavy atom. The fourth-order valence-corrected chi connectivity index (χ4v) is 5.04. The summed E-state index contributed by atoms with van der Waals surface area (Å²) in [5, 5.41) is 9.59. The summed E-state index contributed by atoms with van der Waals surface area (Å²) in [6, 6.07) is 8.93. The van der Waals surface area contributed by atoms with E-state index >= 15 is 0 Å². The molecule has 1 atom stereocenters. The Morgan fingerprint density at radius 2 is 2.04 bits per heavy atom. The number of nitrogens with zero attached hydrogens (tertiary/aromatic N) is 2. The van der Waals surface area contributed by atoms with E-state index < -0.39 is 21.4 Å². The van der Waals surface area contributed by atoms with Crippen molar-refractivity contribution in [2.75, 3.05) is 13.7 Å². The molecule has 2 heterocycles. The lowest BCUT2D eigenvalue weighted by Crippen LogP contribution is -2.51. The minimum Gasteiger partial charge on any atom is -0.493 e. The first kappa shape index (κ1) is 15.7. The van der Waals surface area contributed by atoms with Crippen LogP contribution in [0.5, 0.6) is 0 Å². The number of benzene rings is 1. The highest BCUT2D eigenvalue weighted by molar-refractivity contribution is 7.89. The molecule has 8 heteroatoms. The molecule has 7 nitrogen and oxygen atoms in total. The third-order valence-corrected chi connectivity index (χ3v) is 6.23. The first-order chi connectivity index (χ1) is 11.0. The molecule has 1 saturated heterocycles. The van der Waals surface area contributed by atoms with Gasteiger partial charge >= 0.3 is 5.97 Å². The van der Waals surface area contributed by atoms with Gasteiger partial charge in [0.05, 0.1) is 13.7 Å². The van der Waals surface area contributed by atoms with Crippen molar-refractivity contribution in [2.24, 2.45) is 0 Å². The molecule has 2 aliphatic rings. The van der Waals surface area contributed by atoms with Gasteiger partial charge in [0.1, 0.15) is 0 Å². The van der Waals surface area contributed by atoms with Gasteiger partial charge in [-0.1, -0.05) is 30.3 Å². The summed E-state index contributed by atoms with van der Waals surface area (Å²) < 4.78 is 31.5. The van der Waals surface area contributed by atoms with E-state index in [9.17, 15) is 18.3 Å². The second kappa shape index (κ2) is 5.77. The molecule has 3 rings (SSSR count). The molecule has 1 fully saturated rings. The molecule has 1 aromatic rings. The van der Waals surface area contributed by atoms with Gasteiger partial charge in [0, 0.05) is 6.54 Å². The molecule has 0 radical (unpaired) electrons. The molecule has 0 amide bonds. The molecule has 1 aromatic carbocycles. The van der Waals surface area contributed by atoms with E-state index in [1.54, 1.807) is 24.3 Å². The summed E-state index contributed by atoms with van der Waals surface area (Å²) in [4.78, 5) is 13.4. The van der Waals surface area contributed by atoms with Gasteiger partial charge in [-0.3, -0.25) is 4.31 Å². The highest BCUT2D eigenvalue weighted by Crippen LogP contribution is 2.37. The molecule has 23 heavy (non-hydrogen) atoms. The van der Waals surface area contributed by atoms with E-state index in [1.165, 1.54) is 4.90 Å². The normalized spacial score (nSPS) is 22.9. The van der Waals surface area contributed by atoms with Crippen LogP contribution in [0.15, 0.2) is 41.9 Å². The highest BCUT2D eigenvalue weighted by atomic mass is 32.2. The quantitative estimate of drug-likeness (QED) is 0.832. The van der Waals surface area contributed by atoms with Crippen LogP contribution < -0.4 is 0 Å².